The van der Waals surface area contributed by atoms with Crippen LogP contribution in [0.4, 0.5) is 0 Å². The summed E-state index contributed by atoms with van der Waals surface area (Å²) >= 11 is 0. The Balaban J connectivity index is 2.08. The van der Waals surface area contributed by atoms with Crippen molar-refractivity contribution in [3.05, 3.63) is 35.9 Å². The van der Waals surface area contributed by atoms with Crippen LogP contribution in [-0.2, 0) is 4.84 Å². The highest BCUT2D eigenvalue weighted by atomic mass is 16.7. The van der Waals surface area contributed by atoms with Crippen LogP contribution in [0.15, 0.2) is 30.3 Å². The number of benzene rings is 1. The maximum atomic E-state index is 5.84. The SMILES string of the molecule is CCN1CCN(OC(C)C)CC1c1ccccc1. The molecule has 1 fully saturated rings. The van der Waals surface area contributed by atoms with E-state index in [2.05, 4.69) is 61.1 Å². The molecule has 100 valence electrons. The first-order chi connectivity index (χ1) is 8.70. The van der Waals surface area contributed by atoms with Crippen LogP contribution in [0.25, 0.3) is 0 Å². The van der Waals surface area contributed by atoms with Crippen molar-refractivity contribution < 1.29 is 4.84 Å². The third kappa shape index (κ3) is 3.31. The lowest BCUT2D eigenvalue weighted by molar-refractivity contribution is -0.212. The first-order valence-corrected chi connectivity index (χ1v) is 6.91. The van der Waals surface area contributed by atoms with E-state index in [1.807, 2.05) is 0 Å². The molecule has 1 aliphatic rings. The Bertz CT molecular complexity index is 353. The van der Waals surface area contributed by atoms with Gasteiger partial charge in [0, 0.05) is 25.7 Å². The number of hydrogen-bond acceptors (Lipinski definition) is 3. The maximum Gasteiger partial charge on any atom is 0.0737 e. The molecule has 0 N–H and O–H groups in total. The highest BCUT2D eigenvalue weighted by molar-refractivity contribution is 5.19. The average Bonchev–Trinajstić information content (AvgIpc) is 2.39. The van der Waals surface area contributed by atoms with Crippen LogP contribution < -0.4 is 0 Å². The van der Waals surface area contributed by atoms with Crippen molar-refractivity contribution in [3.63, 3.8) is 0 Å². The molecular weight excluding hydrogens is 224 g/mol. The van der Waals surface area contributed by atoms with E-state index in [0.717, 1.165) is 26.2 Å². The van der Waals surface area contributed by atoms with E-state index >= 15 is 0 Å². The quantitative estimate of drug-likeness (QED) is 0.815. The van der Waals surface area contributed by atoms with Gasteiger partial charge < -0.3 is 0 Å². The predicted molar refractivity (Wildman–Crippen MR) is 74.2 cm³/mol. The van der Waals surface area contributed by atoms with Gasteiger partial charge in [-0.25, -0.2) is 0 Å². The summed E-state index contributed by atoms with van der Waals surface area (Å²) in [5.41, 5.74) is 1.39. The summed E-state index contributed by atoms with van der Waals surface area (Å²) in [6, 6.07) is 11.2. The van der Waals surface area contributed by atoms with E-state index in [-0.39, 0.29) is 6.10 Å². The van der Waals surface area contributed by atoms with Crippen LogP contribution in [0.3, 0.4) is 0 Å². The van der Waals surface area contributed by atoms with Crippen LogP contribution in [0.5, 0.6) is 0 Å². The summed E-state index contributed by atoms with van der Waals surface area (Å²) in [5, 5.41) is 2.12. The van der Waals surface area contributed by atoms with Crippen molar-refractivity contribution >= 4 is 0 Å². The summed E-state index contributed by atoms with van der Waals surface area (Å²) in [6.45, 7) is 10.5. The minimum atomic E-state index is 0.259. The van der Waals surface area contributed by atoms with Crippen molar-refractivity contribution in [1.29, 1.82) is 0 Å². The van der Waals surface area contributed by atoms with Crippen LogP contribution in [-0.4, -0.2) is 42.2 Å². The lowest BCUT2D eigenvalue weighted by Crippen LogP contribution is -2.48. The first kappa shape index (κ1) is 13.5. The molecule has 1 atom stereocenters. The van der Waals surface area contributed by atoms with Crippen LogP contribution in [0, 0.1) is 0 Å². The van der Waals surface area contributed by atoms with Crippen LogP contribution >= 0.6 is 0 Å². The molecule has 0 spiro atoms. The Morgan fingerprint density at radius 3 is 2.56 bits per heavy atom. The molecule has 0 radical (unpaired) electrons. The van der Waals surface area contributed by atoms with E-state index in [9.17, 15) is 0 Å². The van der Waals surface area contributed by atoms with Gasteiger partial charge in [-0.2, -0.15) is 5.06 Å². The minimum absolute atomic E-state index is 0.259. The molecule has 3 heteroatoms. The van der Waals surface area contributed by atoms with Crippen molar-refractivity contribution in [1.82, 2.24) is 9.96 Å². The molecule has 1 aromatic carbocycles. The molecule has 0 bridgehead atoms. The zero-order chi connectivity index (χ0) is 13.0. The second kappa shape index (κ2) is 6.32. The highest BCUT2D eigenvalue weighted by Crippen LogP contribution is 2.25. The molecular formula is C15H24N2O. The standard InChI is InChI=1S/C15H24N2O/c1-4-16-10-11-17(18-13(2)3)12-15(16)14-8-6-5-7-9-14/h5-9,13,15H,4,10-12H2,1-3H3. The van der Waals surface area contributed by atoms with Gasteiger partial charge in [0.15, 0.2) is 0 Å². The lowest BCUT2D eigenvalue weighted by Gasteiger charge is -2.41. The van der Waals surface area contributed by atoms with Gasteiger partial charge in [-0.3, -0.25) is 9.74 Å². The van der Waals surface area contributed by atoms with Gasteiger partial charge in [0.1, 0.15) is 0 Å². The molecule has 0 amide bonds. The van der Waals surface area contributed by atoms with Crippen LogP contribution in [0.1, 0.15) is 32.4 Å². The van der Waals surface area contributed by atoms with Gasteiger partial charge in [0.2, 0.25) is 0 Å². The monoisotopic (exact) mass is 248 g/mol. The van der Waals surface area contributed by atoms with E-state index in [0.29, 0.717) is 6.04 Å². The van der Waals surface area contributed by atoms with Crippen molar-refractivity contribution in [3.8, 4) is 0 Å². The van der Waals surface area contributed by atoms with Gasteiger partial charge in [0.05, 0.1) is 6.10 Å². The number of likely N-dealkylation sites (N-methyl/N-ethyl adjacent to an activating group) is 1. The second-order valence-corrected chi connectivity index (χ2v) is 5.10. The molecule has 0 saturated carbocycles. The lowest BCUT2D eigenvalue weighted by atomic mass is 10.0. The molecule has 2 rings (SSSR count). The molecule has 3 nitrogen and oxygen atoms in total. The summed E-state index contributed by atoms with van der Waals surface area (Å²) < 4.78 is 0. The predicted octanol–water partition coefficient (Wildman–Crippen LogP) is 2.71. The van der Waals surface area contributed by atoms with Gasteiger partial charge in [-0.1, -0.05) is 37.3 Å². The molecule has 1 saturated heterocycles. The van der Waals surface area contributed by atoms with Crippen LogP contribution in [0.2, 0.25) is 0 Å². The van der Waals surface area contributed by atoms with Crippen molar-refractivity contribution in [2.75, 3.05) is 26.2 Å². The topological polar surface area (TPSA) is 15.7 Å². The minimum Gasteiger partial charge on any atom is -0.296 e. The Kier molecular flexibility index (Phi) is 4.75. The van der Waals surface area contributed by atoms with E-state index in [1.54, 1.807) is 0 Å². The Morgan fingerprint density at radius 2 is 1.94 bits per heavy atom. The molecule has 0 aliphatic carbocycles. The summed E-state index contributed by atoms with van der Waals surface area (Å²) in [7, 11) is 0. The summed E-state index contributed by atoms with van der Waals surface area (Å²) in [5.74, 6) is 0. The third-order valence-electron chi connectivity index (χ3n) is 3.40. The number of piperazine rings is 1. The van der Waals surface area contributed by atoms with Crippen molar-refractivity contribution in [2.24, 2.45) is 0 Å². The summed E-state index contributed by atoms with van der Waals surface area (Å²) in [4.78, 5) is 8.37. The largest absolute Gasteiger partial charge is 0.296 e. The molecule has 1 aromatic rings. The maximum absolute atomic E-state index is 5.84. The Labute approximate surface area is 110 Å². The first-order valence-electron chi connectivity index (χ1n) is 6.91. The zero-order valence-electron chi connectivity index (χ0n) is 11.7. The fourth-order valence-corrected chi connectivity index (χ4v) is 2.56. The number of hydroxylamine groups is 2. The Hall–Kier alpha value is -0.900. The van der Waals surface area contributed by atoms with Crippen molar-refractivity contribution in [2.45, 2.75) is 32.9 Å². The molecule has 1 unspecified atom stereocenters. The molecule has 18 heavy (non-hydrogen) atoms. The van der Waals surface area contributed by atoms with E-state index < -0.39 is 0 Å². The zero-order valence-corrected chi connectivity index (χ0v) is 11.7. The average molecular weight is 248 g/mol. The van der Waals surface area contributed by atoms with E-state index in [1.165, 1.54) is 5.56 Å². The normalized spacial score (nSPS) is 22.6. The Morgan fingerprint density at radius 1 is 1.22 bits per heavy atom. The highest BCUT2D eigenvalue weighted by Gasteiger charge is 2.27. The fraction of sp³-hybridized carbons (Fsp3) is 0.600. The fourth-order valence-electron chi connectivity index (χ4n) is 2.56. The van der Waals surface area contributed by atoms with Gasteiger partial charge >= 0.3 is 0 Å². The van der Waals surface area contributed by atoms with Gasteiger partial charge in [-0.05, 0) is 26.0 Å². The smallest absolute Gasteiger partial charge is 0.0737 e. The number of hydrogen-bond donors (Lipinski definition) is 0. The number of nitrogens with zero attached hydrogens (tertiary/aromatic N) is 2. The summed E-state index contributed by atoms with van der Waals surface area (Å²) in [6.07, 6.45) is 0.259. The third-order valence-corrected chi connectivity index (χ3v) is 3.40. The molecule has 1 aliphatic heterocycles. The van der Waals surface area contributed by atoms with Gasteiger partial charge in [-0.15, -0.1) is 0 Å². The van der Waals surface area contributed by atoms with Gasteiger partial charge in [0.25, 0.3) is 0 Å². The number of rotatable bonds is 4. The van der Waals surface area contributed by atoms with E-state index in [4.69, 9.17) is 4.84 Å². The molecule has 0 aromatic heterocycles. The molecule has 1 heterocycles. The second-order valence-electron chi connectivity index (χ2n) is 5.10.